The van der Waals surface area contributed by atoms with Crippen molar-refractivity contribution in [2.45, 2.75) is 13.3 Å². The van der Waals surface area contributed by atoms with Gasteiger partial charge in [-0.25, -0.2) is 0 Å². The van der Waals surface area contributed by atoms with E-state index in [2.05, 4.69) is 27.9 Å². The lowest BCUT2D eigenvalue weighted by Crippen LogP contribution is -2.21. The Morgan fingerprint density at radius 2 is 2.27 bits per heavy atom. The summed E-state index contributed by atoms with van der Waals surface area (Å²) in [6, 6.07) is 9.46. The van der Waals surface area contributed by atoms with Crippen LogP contribution >= 0.6 is 22.6 Å². The van der Waals surface area contributed by atoms with Crippen molar-refractivity contribution >= 4 is 34.2 Å². The molecule has 1 N–H and O–H groups in total. The quantitative estimate of drug-likeness (QED) is 0.872. The minimum Gasteiger partial charge on any atom is -0.324 e. The molecule has 1 rings (SSSR count). The number of nitrogens with one attached hydrogen (secondary N) is 1. The number of hydrogen-bond donors (Lipinski definition) is 1. The average Bonchev–Trinajstić information content (AvgIpc) is 2.23. The van der Waals surface area contributed by atoms with E-state index in [0.29, 0.717) is 6.42 Å². The molecule has 0 saturated carbocycles. The van der Waals surface area contributed by atoms with Crippen molar-refractivity contribution in [1.29, 1.82) is 5.26 Å². The van der Waals surface area contributed by atoms with Crippen molar-refractivity contribution in [3.63, 3.8) is 0 Å². The highest BCUT2D eigenvalue weighted by atomic mass is 127. The van der Waals surface area contributed by atoms with Gasteiger partial charge < -0.3 is 5.32 Å². The van der Waals surface area contributed by atoms with Gasteiger partial charge in [0.1, 0.15) is 5.92 Å². The summed E-state index contributed by atoms with van der Waals surface area (Å²) in [4.78, 5) is 11.6. The Morgan fingerprint density at radius 3 is 2.80 bits per heavy atom. The van der Waals surface area contributed by atoms with Gasteiger partial charge in [0.2, 0.25) is 5.91 Å². The highest BCUT2D eigenvalue weighted by Gasteiger charge is 2.15. The van der Waals surface area contributed by atoms with Crippen LogP contribution in [0.15, 0.2) is 24.3 Å². The third-order valence-corrected chi connectivity index (χ3v) is 2.95. The maximum atomic E-state index is 11.6. The van der Waals surface area contributed by atoms with E-state index < -0.39 is 5.92 Å². The standard InChI is InChI=1S/C11H11IN2O/c1-2-8(7-13)11(15)14-10-6-4-3-5-9(10)12/h3-6,8H,2H2,1H3,(H,14,15). The van der Waals surface area contributed by atoms with E-state index in [0.717, 1.165) is 9.26 Å². The number of anilines is 1. The molecule has 0 fully saturated rings. The average molecular weight is 314 g/mol. The molecule has 3 nitrogen and oxygen atoms in total. The maximum absolute atomic E-state index is 11.6. The van der Waals surface area contributed by atoms with Crippen LogP contribution in [0.1, 0.15) is 13.3 Å². The largest absolute Gasteiger partial charge is 0.324 e. The summed E-state index contributed by atoms with van der Waals surface area (Å²) in [5.41, 5.74) is 0.761. The lowest BCUT2D eigenvalue weighted by molar-refractivity contribution is -0.118. The summed E-state index contributed by atoms with van der Waals surface area (Å²) >= 11 is 2.14. The molecule has 0 spiro atoms. The van der Waals surface area contributed by atoms with Crippen LogP contribution in [0, 0.1) is 20.8 Å². The molecule has 0 radical (unpaired) electrons. The van der Waals surface area contributed by atoms with Crippen LogP contribution in [0.5, 0.6) is 0 Å². The summed E-state index contributed by atoms with van der Waals surface area (Å²) < 4.78 is 0.969. The lowest BCUT2D eigenvalue weighted by Gasteiger charge is -2.09. The van der Waals surface area contributed by atoms with Gasteiger partial charge in [-0.15, -0.1) is 0 Å². The molecule has 0 bridgehead atoms. The van der Waals surface area contributed by atoms with E-state index in [1.54, 1.807) is 0 Å². The van der Waals surface area contributed by atoms with Crippen molar-refractivity contribution < 1.29 is 4.79 Å². The van der Waals surface area contributed by atoms with Crippen LogP contribution in [-0.2, 0) is 4.79 Å². The number of benzene rings is 1. The van der Waals surface area contributed by atoms with E-state index in [9.17, 15) is 4.79 Å². The number of carbonyl (C=O) groups is 1. The highest BCUT2D eigenvalue weighted by Crippen LogP contribution is 2.18. The predicted molar refractivity (Wildman–Crippen MR) is 67.2 cm³/mol. The first-order chi connectivity index (χ1) is 7.19. The predicted octanol–water partition coefficient (Wildman–Crippen LogP) is 2.78. The molecule has 1 atom stereocenters. The molecule has 1 aromatic rings. The normalized spacial score (nSPS) is 11.5. The van der Waals surface area contributed by atoms with Gasteiger partial charge in [0.25, 0.3) is 0 Å². The van der Waals surface area contributed by atoms with Crippen LogP contribution in [-0.4, -0.2) is 5.91 Å². The molecule has 1 unspecified atom stereocenters. The molecule has 4 heteroatoms. The van der Waals surface area contributed by atoms with Crippen LogP contribution < -0.4 is 5.32 Å². The number of para-hydroxylation sites is 1. The zero-order chi connectivity index (χ0) is 11.3. The molecule has 0 aromatic heterocycles. The Bertz CT molecular complexity index is 398. The molecule has 0 saturated heterocycles. The third-order valence-electron chi connectivity index (χ3n) is 2.01. The third kappa shape index (κ3) is 3.20. The van der Waals surface area contributed by atoms with E-state index in [4.69, 9.17) is 5.26 Å². The SMILES string of the molecule is CCC(C#N)C(=O)Nc1ccccc1I. The molecule has 0 aliphatic carbocycles. The minimum absolute atomic E-state index is 0.232. The molecule has 1 amide bonds. The van der Waals surface area contributed by atoms with Crippen LogP contribution in [0.25, 0.3) is 0 Å². The lowest BCUT2D eigenvalue weighted by atomic mass is 10.1. The summed E-state index contributed by atoms with van der Waals surface area (Å²) in [7, 11) is 0. The fraction of sp³-hybridized carbons (Fsp3) is 0.273. The molecular weight excluding hydrogens is 303 g/mol. The van der Waals surface area contributed by atoms with E-state index in [1.807, 2.05) is 37.3 Å². The Kier molecular flexibility index (Phi) is 4.56. The van der Waals surface area contributed by atoms with Gasteiger partial charge >= 0.3 is 0 Å². The Hall–Kier alpha value is -1.09. The number of amides is 1. The van der Waals surface area contributed by atoms with E-state index in [1.165, 1.54) is 0 Å². The second-order valence-corrected chi connectivity index (χ2v) is 4.22. The number of rotatable bonds is 3. The van der Waals surface area contributed by atoms with E-state index >= 15 is 0 Å². The van der Waals surface area contributed by atoms with Crippen LogP contribution in [0.4, 0.5) is 5.69 Å². The minimum atomic E-state index is -0.569. The molecule has 78 valence electrons. The number of hydrogen-bond acceptors (Lipinski definition) is 2. The monoisotopic (exact) mass is 314 g/mol. The van der Waals surface area contributed by atoms with Crippen molar-refractivity contribution in [3.05, 3.63) is 27.8 Å². The molecule has 0 aliphatic rings. The summed E-state index contributed by atoms with van der Waals surface area (Å²) in [5, 5.41) is 11.5. The van der Waals surface area contributed by atoms with Crippen molar-refractivity contribution in [2.24, 2.45) is 5.92 Å². The highest BCUT2D eigenvalue weighted by molar-refractivity contribution is 14.1. The van der Waals surface area contributed by atoms with Gasteiger partial charge in [-0.05, 0) is 41.1 Å². The first-order valence-electron chi connectivity index (χ1n) is 4.64. The number of nitriles is 1. The van der Waals surface area contributed by atoms with Gasteiger partial charge in [-0.1, -0.05) is 19.1 Å². The van der Waals surface area contributed by atoms with Gasteiger partial charge in [0.05, 0.1) is 11.8 Å². The van der Waals surface area contributed by atoms with E-state index in [-0.39, 0.29) is 5.91 Å². The summed E-state index contributed by atoms with van der Waals surface area (Å²) in [6.07, 6.45) is 0.533. The van der Waals surface area contributed by atoms with Gasteiger partial charge in [-0.3, -0.25) is 4.79 Å². The second-order valence-electron chi connectivity index (χ2n) is 3.06. The first kappa shape index (κ1) is 12.0. The Balaban J connectivity index is 2.75. The van der Waals surface area contributed by atoms with Gasteiger partial charge in [-0.2, -0.15) is 5.26 Å². The van der Waals surface area contributed by atoms with Crippen molar-refractivity contribution in [1.82, 2.24) is 0 Å². The smallest absolute Gasteiger partial charge is 0.241 e. The first-order valence-corrected chi connectivity index (χ1v) is 5.72. The number of nitrogens with zero attached hydrogens (tertiary/aromatic N) is 1. The topological polar surface area (TPSA) is 52.9 Å². The van der Waals surface area contributed by atoms with Crippen molar-refractivity contribution in [2.75, 3.05) is 5.32 Å². The van der Waals surface area contributed by atoms with Gasteiger partial charge in [0.15, 0.2) is 0 Å². The summed E-state index contributed by atoms with van der Waals surface area (Å²) in [6.45, 7) is 1.82. The number of carbonyl (C=O) groups excluding carboxylic acids is 1. The fourth-order valence-corrected chi connectivity index (χ4v) is 1.64. The second kappa shape index (κ2) is 5.71. The molecule has 15 heavy (non-hydrogen) atoms. The van der Waals surface area contributed by atoms with Gasteiger partial charge in [0, 0.05) is 3.57 Å². The maximum Gasteiger partial charge on any atom is 0.241 e. The molecule has 0 aliphatic heterocycles. The summed E-state index contributed by atoms with van der Waals surface area (Å²) in [5.74, 6) is -0.801. The fourth-order valence-electron chi connectivity index (χ4n) is 1.12. The van der Waals surface area contributed by atoms with Crippen LogP contribution in [0.2, 0.25) is 0 Å². The Labute approximate surface area is 103 Å². The molecular formula is C11H11IN2O. The molecule has 1 aromatic carbocycles. The van der Waals surface area contributed by atoms with Crippen LogP contribution in [0.3, 0.4) is 0 Å². The number of halogens is 1. The van der Waals surface area contributed by atoms with Crippen molar-refractivity contribution in [3.8, 4) is 6.07 Å². The zero-order valence-electron chi connectivity index (χ0n) is 8.33. The Morgan fingerprint density at radius 1 is 1.60 bits per heavy atom. The zero-order valence-corrected chi connectivity index (χ0v) is 10.5. The molecule has 0 heterocycles.